The molecule has 0 bridgehead atoms. The Morgan fingerprint density at radius 3 is 2.47 bits per heavy atom. The van der Waals surface area contributed by atoms with E-state index in [1.165, 1.54) is 26.2 Å². The van der Waals surface area contributed by atoms with Gasteiger partial charge in [0, 0.05) is 32.9 Å². The fourth-order valence-corrected chi connectivity index (χ4v) is 3.13. The number of urea groups is 1. The smallest absolute Gasteiger partial charge is 0.340 e. The van der Waals surface area contributed by atoms with Crippen LogP contribution in [0.3, 0.4) is 0 Å². The highest BCUT2D eigenvalue weighted by molar-refractivity contribution is 7.89. The lowest BCUT2D eigenvalue weighted by atomic mass is 10.2. The van der Waals surface area contributed by atoms with E-state index in [4.69, 9.17) is 9.84 Å². The summed E-state index contributed by atoms with van der Waals surface area (Å²) in [5.74, 6) is -1.80. The molecule has 1 aromatic carbocycles. The van der Waals surface area contributed by atoms with Gasteiger partial charge in [-0.2, -0.15) is 0 Å². The van der Waals surface area contributed by atoms with Crippen LogP contribution >= 0.6 is 0 Å². The summed E-state index contributed by atoms with van der Waals surface area (Å²) in [5, 5.41) is 16.3. The first-order valence-electron chi connectivity index (χ1n) is 9.29. The third-order valence-corrected chi connectivity index (χ3v) is 5.63. The molecule has 12 heteroatoms. The summed E-state index contributed by atoms with van der Waals surface area (Å²) in [6.45, 7) is 1.51. The lowest BCUT2D eigenvalue weighted by Gasteiger charge is -2.15. The summed E-state index contributed by atoms with van der Waals surface area (Å²) < 4.78 is 30.6. The highest BCUT2D eigenvalue weighted by Crippen LogP contribution is 2.23. The molecule has 0 saturated heterocycles. The molecule has 0 aliphatic rings. The molecule has 0 radical (unpaired) electrons. The van der Waals surface area contributed by atoms with Gasteiger partial charge in [-0.3, -0.25) is 10.1 Å². The quantitative estimate of drug-likeness (QED) is 0.277. The average molecular weight is 445 g/mol. The first kappa shape index (κ1) is 25.3. The minimum atomic E-state index is -3.81. The first-order chi connectivity index (χ1) is 14.1. The van der Waals surface area contributed by atoms with Crippen LogP contribution in [-0.4, -0.2) is 76.1 Å². The number of hydrogen-bond acceptors (Lipinski definition) is 8. The van der Waals surface area contributed by atoms with Gasteiger partial charge < -0.3 is 20.5 Å². The van der Waals surface area contributed by atoms with Crippen molar-refractivity contribution in [1.29, 1.82) is 0 Å². The van der Waals surface area contributed by atoms with E-state index >= 15 is 0 Å². The van der Waals surface area contributed by atoms with Crippen LogP contribution in [0.4, 0.5) is 10.5 Å². The number of sulfonamides is 1. The van der Waals surface area contributed by atoms with Gasteiger partial charge in [-0.25, -0.2) is 22.3 Å². The SMILES string of the molecule is CCCCNC(=O)NC(=O)COC(=O)c1cc(S(=O)(=O)N(C)C)ccc1NCCO. The first-order valence-corrected chi connectivity index (χ1v) is 10.7. The Labute approximate surface area is 175 Å². The number of ether oxygens (including phenoxy) is 1. The van der Waals surface area contributed by atoms with E-state index < -0.39 is 34.5 Å². The highest BCUT2D eigenvalue weighted by Gasteiger charge is 2.22. The van der Waals surface area contributed by atoms with E-state index in [1.807, 2.05) is 12.2 Å². The Morgan fingerprint density at radius 2 is 1.87 bits per heavy atom. The molecule has 0 aliphatic carbocycles. The van der Waals surface area contributed by atoms with Gasteiger partial charge in [0.1, 0.15) is 0 Å². The Kier molecular flexibility index (Phi) is 10.2. The van der Waals surface area contributed by atoms with Crippen molar-refractivity contribution in [1.82, 2.24) is 14.9 Å². The number of rotatable bonds is 11. The number of nitrogens with zero attached hydrogens (tertiary/aromatic N) is 1. The molecule has 0 atom stereocenters. The zero-order valence-corrected chi connectivity index (χ0v) is 18.0. The van der Waals surface area contributed by atoms with Crippen LogP contribution < -0.4 is 16.0 Å². The molecule has 3 amide bonds. The van der Waals surface area contributed by atoms with Crippen molar-refractivity contribution in [3.05, 3.63) is 23.8 Å². The van der Waals surface area contributed by atoms with E-state index in [1.54, 1.807) is 0 Å². The molecule has 0 unspecified atom stereocenters. The van der Waals surface area contributed by atoms with Crippen LogP contribution in [0.1, 0.15) is 30.1 Å². The minimum Gasteiger partial charge on any atom is -0.452 e. The Balaban J connectivity index is 2.89. The van der Waals surface area contributed by atoms with E-state index in [0.29, 0.717) is 6.54 Å². The maximum absolute atomic E-state index is 12.5. The van der Waals surface area contributed by atoms with Crippen molar-refractivity contribution in [2.75, 3.05) is 45.7 Å². The molecule has 0 fully saturated rings. The molecule has 11 nitrogen and oxygen atoms in total. The summed E-state index contributed by atoms with van der Waals surface area (Å²) in [4.78, 5) is 35.7. The van der Waals surface area contributed by atoms with Crippen LogP contribution in [-0.2, 0) is 19.6 Å². The number of esters is 1. The number of aliphatic hydroxyl groups excluding tert-OH is 1. The normalized spacial score (nSPS) is 11.1. The fraction of sp³-hybridized carbons (Fsp3) is 0.500. The molecule has 0 aromatic heterocycles. The standard InChI is InChI=1S/C18H28N4O7S/c1-4-5-8-20-18(26)21-16(24)12-29-17(25)14-11-13(30(27,28)22(2)3)6-7-15(14)19-9-10-23/h6-7,11,19,23H,4-5,8-10,12H2,1-3H3,(H2,20,21,24,26). The van der Waals surface area contributed by atoms with Gasteiger partial charge in [0.25, 0.3) is 5.91 Å². The Bertz CT molecular complexity index is 856. The van der Waals surface area contributed by atoms with Gasteiger partial charge in [0.15, 0.2) is 6.61 Å². The molecule has 0 heterocycles. The average Bonchev–Trinajstić information content (AvgIpc) is 2.70. The zero-order chi connectivity index (χ0) is 22.7. The van der Waals surface area contributed by atoms with Gasteiger partial charge in [-0.05, 0) is 24.6 Å². The predicted octanol–water partition coefficient (Wildman–Crippen LogP) is 0.124. The van der Waals surface area contributed by atoms with Crippen molar-refractivity contribution in [2.24, 2.45) is 0 Å². The summed E-state index contributed by atoms with van der Waals surface area (Å²) >= 11 is 0. The molecule has 30 heavy (non-hydrogen) atoms. The van der Waals surface area contributed by atoms with Crippen LogP contribution in [0.2, 0.25) is 0 Å². The number of carbonyl (C=O) groups excluding carboxylic acids is 3. The number of carbonyl (C=O) groups is 3. The molecule has 0 aliphatic heterocycles. The number of nitrogens with one attached hydrogen (secondary N) is 3. The Hall–Kier alpha value is -2.70. The second-order valence-corrected chi connectivity index (χ2v) is 8.53. The van der Waals surface area contributed by atoms with Crippen molar-refractivity contribution in [3.63, 3.8) is 0 Å². The monoisotopic (exact) mass is 444 g/mol. The number of anilines is 1. The number of amides is 3. The summed E-state index contributed by atoms with van der Waals surface area (Å²) in [5.41, 5.74) is 0.0936. The number of aliphatic hydroxyl groups is 1. The predicted molar refractivity (Wildman–Crippen MR) is 110 cm³/mol. The highest BCUT2D eigenvalue weighted by atomic mass is 32.2. The Morgan fingerprint density at radius 1 is 1.17 bits per heavy atom. The van der Waals surface area contributed by atoms with Crippen LogP contribution in [0.5, 0.6) is 0 Å². The van der Waals surface area contributed by atoms with Crippen LogP contribution in [0, 0.1) is 0 Å². The summed E-state index contributed by atoms with van der Waals surface area (Å²) in [6, 6.07) is 3.09. The van der Waals surface area contributed by atoms with E-state index in [-0.39, 0.29) is 29.3 Å². The summed E-state index contributed by atoms with van der Waals surface area (Å²) in [6.07, 6.45) is 1.63. The number of benzene rings is 1. The molecule has 1 rings (SSSR count). The van der Waals surface area contributed by atoms with Crippen molar-refractivity contribution < 1.29 is 32.6 Å². The van der Waals surface area contributed by atoms with Crippen molar-refractivity contribution >= 4 is 33.6 Å². The number of unbranched alkanes of at least 4 members (excludes halogenated alkanes) is 1. The van der Waals surface area contributed by atoms with Gasteiger partial charge in [-0.1, -0.05) is 13.3 Å². The maximum atomic E-state index is 12.5. The molecule has 1 aromatic rings. The van der Waals surface area contributed by atoms with E-state index in [2.05, 4.69) is 10.6 Å². The van der Waals surface area contributed by atoms with Crippen molar-refractivity contribution in [3.8, 4) is 0 Å². The molecule has 168 valence electrons. The van der Waals surface area contributed by atoms with Gasteiger partial charge >= 0.3 is 12.0 Å². The fourth-order valence-electron chi connectivity index (χ4n) is 2.20. The maximum Gasteiger partial charge on any atom is 0.340 e. The van der Waals surface area contributed by atoms with E-state index in [9.17, 15) is 22.8 Å². The minimum absolute atomic E-state index is 0.110. The van der Waals surface area contributed by atoms with Gasteiger partial charge in [0.05, 0.1) is 17.1 Å². The number of hydrogen-bond donors (Lipinski definition) is 4. The van der Waals surface area contributed by atoms with Crippen LogP contribution in [0.25, 0.3) is 0 Å². The lowest BCUT2D eigenvalue weighted by Crippen LogP contribution is -2.41. The number of imide groups is 1. The van der Waals surface area contributed by atoms with Crippen LogP contribution in [0.15, 0.2) is 23.1 Å². The lowest BCUT2D eigenvalue weighted by molar-refractivity contribution is -0.123. The molecule has 4 N–H and O–H groups in total. The summed E-state index contributed by atoms with van der Waals surface area (Å²) in [7, 11) is -1.12. The molecule has 0 saturated carbocycles. The molecular formula is C18H28N4O7S. The second kappa shape index (κ2) is 12.1. The van der Waals surface area contributed by atoms with E-state index in [0.717, 1.165) is 23.2 Å². The molecule has 0 spiro atoms. The second-order valence-electron chi connectivity index (χ2n) is 6.38. The van der Waals surface area contributed by atoms with Gasteiger partial charge in [-0.15, -0.1) is 0 Å². The molecular weight excluding hydrogens is 416 g/mol. The topological polar surface area (TPSA) is 154 Å². The van der Waals surface area contributed by atoms with Gasteiger partial charge in [0.2, 0.25) is 10.0 Å². The third kappa shape index (κ3) is 7.61. The largest absolute Gasteiger partial charge is 0.452 e. The van der Waals surface area contributed by atoms with Crippen molar-refractivity contribution in [2.45, 2.75) is 24.7 Å². The third-order valence-electron chi connectivity index (χ3n) is 3.82. The zero-order valence-electron chi connectivity index (χ0n) is 17.2.